The Morgan fingerprint density at radius 2 is 2.00 bits per heavy atom. The molecule has 0 bridgehead atoms. The molecule has 0 aliphatic carbocycles. The minimum absolute atomic E-state index is 0.102. The van der Waals surface area contributed by atoms with Gasteiger partial charge in [0.05, 0.1) is 7.11 Å². The number of ether oxygens (including phenoxy) is 2. The van der Waals surface area contributed by atoms with Crippen LogP contribution in [0.2, 0.25) is 0 Å². The van der Waals surface area contributed by atoms with Gasteiger partial charge < -0.3 is 18.5 Å². The third-order valence-corrected chi connectivity index (χ3v) is 3.62. The molecule has 2 aromatic heterocycles. The van der Waals surface area contributed by atoms with E-state index in [1.54, 1.807) is 30.3 Å². The van der Waals surface area contributed by atoms with Crippen LogP contribution < -0.4 is 15.9 Å². The molecule has 0 radical (unpaired) electrons. The van der Waals surface area contributed by atoms with Gasteiger partial charge in [-0.25, -0.2) is 4.79 Å². The molecule has 0 aliphatic rings. The van der Waals surface area contributed by atoms with Crippen molar-refractivity contribution in [2.75, 3.05) is 7.11 Å². The van der Waals surface area contributed by atoms with Gasteiger partial charge >= 0.3 is 11.6 Å². The van der Waals surface area contributed by atoms with E-state index in [9.17, 15) is 14.4 Å². The molecule has 7 nitrogen and oxygen atoms in total. The van der Waals surface area contributed by atoms with Crippen LogP contribution in [-0.2, 0) is 22.7 Å². The summed E-state index contributed by atoms with van der Waals surface area (Å²) in [5, 5.41) is 0.644. The van der Waals surface area contributed by atoms with Crippen molar-refractivity contribution in [1.29, 1.82) is 0 Å². The Morgan fingerprint density at radius 3 is 2.76 bits per heavy atom. The van der Waals surface area contributed by atoms with Crippen LogP contribution >= 0.6 is 0 Å². The fraction of sp³-hybridized carbons (Fsp3) is 0.167. The number of fused-ring (bicyclic) bond motifs is 1. The number of nitrogens with zero attached hydrogens (tertiary/aromatic N) is 1. The molecule has 0 aliphatic heterocycles. The van der Waals surface area contributed by atoms with Crippen LogP contribution in [-0.4, -0.2) is 17.6 Å². The van der Waals surface area contributed by atoms with E-state index in [4.69, 9.17) is 13.9 Å². The number of pyridine rings is 1. The van der Waals surface area contributed by atoms with Gasteiger partial charge in [-0.2, -0.15) is 0 Å². The molecule has 25 heavy (non-hydrogen) atoms. The summed E-state index contributed by atoms with van der Waals surface area (Å²) < 4.78 is 16.7. The lowest BCUT2D eigenvalue weighted by molar-refractivity contribution is -0.145. The van der Waals surface area contributed by atoms with Crippen LogP contribution in [0, 0.1) is 0 Å². The third-order valence-electron chi connectivity index (χ3n) is 3.62. The fourth-order valence-corrected chi connectivity index (χ4v) is 2.39. The highest BCUT2D eigenvalue weighted by atomic mass is 16.5. The van der Waals surface area contributed by atoms with E-state index < -0.39 is 11.6 Å². The van der Waals surface area contributed by atoms with Crippen molar-refractivity contribution < 1.29 is 18.7 Å². The molecule has 0 spiro atoms. The van der Waals surface area contributed by atoms with Crippen LogP contribution in [0.1, 0.15) is 5.56 Å². The zero-order chi connectivity index (χ0) is 17.8. The smallest absolute Gasteiger partial charge is 0.336 e. The first-order valence-electron chi connectivity index (χ1n) is 7.48. The SMILES string of the molecule is COc1ccc2c(COC(=O)Cn3ccccc3=O)cc(=O)oc2c1. The maximum absolute atomic E-state index is 12.0. The van der Waals surface area contributed by atoms with Gasteiger partial charge in [0.1, 0.15) is 24.5 Å². The van der Waals surface area contributed by atoms with Gasteiger partial charge in [0.15, 0.2) is 0 Å². The zero-order valence-electron chi connectivity index (χ0n) is 13.4. The Labute approximate surface area is 142 Å². The molecule has 0 N–H and O–H groups in total. The molecule has 2 heterocycles. The molecule has 0 fully saturated rings. The largest absolute Gasteiger partial charge is 0.497 e. The van der Waals surface area contributed by atoms with E-state index in [0.717, 1.165) is 0 Å². The van der Waals surface area contributed by atoms with Gasteiger partial charge in [0, 0.05) is 35.3 Å². The molecule has 1 aromatic carbocycles. The van der Waals surface area contributed by atoms with Gasteiger partial charge in [-0.05, 0) is 18.2 Å². The number of rotatable bonds is 5. The molecule has 0 unspecified atom stereocenters. The molecule has 7 heteroatoms. The Kier molecular flexibility index (Phi) is 4.65. The Hall–Kier alpha value is -3.35. The monoisotopic (exact) mass is 341 g/mol. The van der Waals surface area contributed by atoms with E-state index in [1.165, 1.54) is 30.0 Å². The number of hydrogen-bond donors (Lipinski definition) is 0. The summed E-state index contributed by atoms with van der Waals surface area (Å²) >= 11 is 0. The number of aromatic nitrogens is 1. The van der Waals surface area contributed by atoms with Crippen LogP contribution in [0.4, 0.5) is 0 Å². The number of benzene rings is 1. The molecular weight excluding hydrogens is 326 g/mol. The lowest BCUT2D eigenvalue weighted by atomic mass is 10.1. The summed E-state index contributed by atoms with van der Waals surface area (Å²) in [4.78, 5) is 35.2. The summed E-state index contributed by atoms with van der Waals surface area (Å²) in [6, 6.07) is 10.9. The molecule has 0 amide bonds. The number of carbonyl (C=O) groups is 1. The van der Waals surface area contributed by atoms with Crippen LogP contribution in [0.25, 0.3) is 11.0 Å². The number of methoxy groups -OCH3 is 1. The van der Waals surface area contributed by atoms with Crippen LogP contribution in [0.3, 0.4) is 0 Å². The normalized spacial score (nSPS) is 10.6. The Balaban J connectivity index is 1.79. The lowest BCUT2D eigenvalue weighted by Crippen LogP contribution is -2.23. The van der Waals surface area contributed by atoms with Gasteiger partial charge in [-0.1, -0.05) is 6.07 Å². The van der Waals surface area contributed by atoms with Crippen molar-refractivity contribution >= 4 is 16.9 Å². The Bertz CT molecular complexity index is 1030. The minimum Gasteiger partial charge on any atom is -0.497 e. The average Bonchev–Trinajstić information content (AvgIpc) is 2.61. The van der Waals surface area contributed by atoms with Crippen molar-refractivity contribution in [3.05, 3.63) is 75.0 Å². The summed E-state index contributed by atoms with van der Waals surface area (Å²) in [7, 11) is 1.51. The van der Waals surface area contributed by atoms with Crippen molar-refractivity contribution in [3.8, 4) is 5.75 Å². The van der Waals surface area contributed by atoms with Crippen molar-refractivity contribution in [1.82, 2.24) is 4.57 Å². The topological polar surface area (TPSA) is 87.7 Å². The summed E-state index contributed by atoms with van der Waals surface area (Å²) in [6.45, 7) is -0.304. The van der Waals surface area contributed by atoms with Crippen LogP contribution in [0.5, 0.6) is 5.75 Å². The average molecular weight is 341 g/mol. The first-order valence-corrected chi connectivity index (χ1v) is 7.48. The van der Waals surface area contributed by atoms with Gasteiger partial charge in [0.2, 0.25) is 0 Å². The van der Waals surface area contributed by atoms with E-state index in [0.29, 0.717) is 22.3 Å². The maximum atomic E-state index is 12.0. The van der Waals surface area contributed by atoms with E-state index >= 15 is 0 Å². The second-order valence-corrected chi connectivity index (χ2v) is 5.28. The molecule has 0 saturated heterocycles. The second kappa shape index (κ2) is 7.04. The quantitative estimate of drug-likeness (QED) is 0.518. The predicted molar refractivity (Wildman–Crippen MR) is 89.5 cm³/mol. The van der Waals surface area contributed by atoms with E-state index in [-0.39, 0.29) is 18.7 Å². The number of esters is 1. The lowest BCUT2D eigenvalue weighted by Gasteiger charge is -2.09. The first-order chi connectivity index (χ1) is 12.1. The highest BCUT2D eigenvalue weighted by molar-refractivity contribution is 5.81. The Morgan fingerprint density at radius 1 is 1.16 bits per heavy atom. The van der Waals surface area contributed by atoms with Crippen molar-refractivity contribution in [2.45, 2.75) is 13.2 Å². The van der Waals surface area contributed by atoms with Gasteiger partial charge in [-0.15, -0.1) is 0 Å². The molecular formula is C18H15NO6. The van der Waals surface area contributed by atoms with Crippen molar-refractivity contribution in [3.63, 3.8) is 0 Å². The van der Waals surface area contributed by atoms with E-state index in [2.05, 4.69) is 0 Å². The van der Waals surface area contributed by atoms with Gasteiger partial charge in [-0.3, -0.25) is 9.59 Å². The molecule has 128 valence electrons. The summed E-state index contributed by atoms with van der Waals surface area (Å²) in [6.07, 6.45) is 1.50. The first kappa shape index (κ1) is 16.5. The van der Waals surface area contributed by atoms with Gasteiger partial charge in [0.25, 0.3) is 5.56 Å². The zero-order valence-corrected chi connectivity index (χ0v) is 13.4. The molecule has 0 saturated carbocycles. The summed E-state index contributed by atoms with van der Waals surface area (Å²) in [5.41, 5.74) is 0.0169. The minimum atomic E-state index is -0.580. The standard InChI is InChI=1S/C18H15NO6/c1-23-13-5-6-14-12(8-17(21)25-15(14)9-13)11-24-18(22)10-19-7-3-2-4-16(19)20/h2-9H,10-11H2,1H3. The van der Waals surface area contributed by atoms with E-state index in [1.807, 2.05) is 0 Å². The summed E-state index contributed by atoms with van der Waals surface area (Å²) in [5.74, 6) is -0.0311. The van der Waals surface area contributed by atoms with Crippen LogP contribution in [0.15, 0.2) is 62.7 Å². The predicted octanol–water partition coefficient (Wildman–Crippen LogP) is 1.71. The second-order valence-electron chi connectivity index (χ2n) is 5.28. The number of carbonyl (C=O) groups excluding carboxylic acids is 1. The highest BCUT2D eigenvalue weighted by Crippen LogP contribution is 2.22. The molecule has 3 aromatic rings. The highest BCUT2D eigenvalue weighted by Gasteiger charge is 2.10. The number of hydrogen-bond acceptors (Lipinski definition) is 6. The third kappa shape index (κ3) is 3.77. The fourth-order valence-electron chi connectivity index (χ4n) is 2.39. The molecule has 0 atom stereocenters. The maximum Gasteiger partial charge on any atom is 0.336 e. The molecule has 3 rings (SSSR count). The van der Waals surface area contributed by atoms with Crippen molar-refractivity contribution in [2.24, 2.45) is 0 Å².